The zero-order chi connectivity index (χ0) is 7.94. The van der Waals surface area contributed by atoms with Crippen molar-refractivity contribution in [2.24, 2.45) is 5.92 Å². The van der Waals surface area contributed by atoms with Crippen molar-refractivity contribution < 1.29 is 8.42 Å². The molecule has 0 aromatic rings. The Morgan fingerprint density at radius 2 is 2.00 bits per heavy atom. The first-order valence-corrected chi connectivity index (χ1v) is 5.24. The van der Waals surface area contributed by atoms with Gasteiger partial charge in [0.1, 0.15) is 0 Å². The summed E-state index contributed by atoms with van der Waals surface area (Å²) in [6.07, 6.45) is 1.26. The van der Waals surface area contributed by atoms with Gasteiger partial charge in [-0.1, -0.05) is 13.8 Å². The van der Waals surface area contributed by atoms with Crippen LogP contribution in [-0.2, 0) is 10.0 Å². The lowest BCUT2D eigenvalue weighted by Crippen LogP contribution is -2.14. The summed E-state index contributed by atoms with van der Waals surface area (Å²) in [6.45, 7) is 4.79. The SMILES string of the molecule is CC(C)[C@@H]1CN1S(C)(=O)=O. The molecule has 3 nitrogen and oxygen atoms in total. The highest BCUT2D eigenvalue weighted by Crippen LogP contribution is 2.27. The molecule has 2 atom stereocenters. The highest BCUT2D eigenvalue weighted by Gasteiger charge is 2.42. The highest BCUT2D eigenvalue weighted by molar-refractivity contribution is 7.88. The molecule has 0 bridgehead atoms. The third kappa shape index (κ3) is 1.49. The summed E-state index contributed by atoms with van der Waals surface area (Å²) < 4.78 is 23.2. The van der Waals surface area contributed by atoms with E-state index in [0.717, 1.165) is 6.54 Å². The maximum atomic E-state index is 10.8. The Balaban J connectivity index is 2.55. The number of hydrogen-bond donors (Lipinski definition) is 0. The molecular weight excluding hydrogens is 150 g/mol. The summed E-state index contributed by atoms with van der Waals surface area (Å²) in [4.78, 5) is 0. The first-order chi connectivity index (χ1) is 4.43. The lowest BCUT2D eigenvalue weighted by molar-refractivity contribution is 0.523. The van der Waals surface area contributed by atoms with E-state index in [-0.39, 0.29) is 6.04 Å². The van der Waals surface area contributed by atoms with Gasteiger partial charge in [-0.15, -0.1) is 0 Å². The average molecular weight is 163 g/mol. The number of sulfonamides is 1. The van der Waals surface area contributed by atoms with Gasteiger partial charge < -0.3 is 0 Å². The number of hydrogen-bond acceptors (Lipinski definition) is 2. The molecular formula is C6H13NO2S. The molecule has 1 rings (SSSR count). The van der Waals surface area contributed by atoms with Crippen molar-refractivity contribution in [3.05, 3.63) is 0 Å². The van der Waals surface area contributed by atoms with Crippen molar-refractivity contribution in [3.63, 3.8) is 0 Å². The zero-order valence-corrected chi connectivity index (χ0v) is 7.35. The van der Waals surface area contributed by atoms with Gasteiger partial charge >= 0.3 is 0 Å². The third-order valence-corrected chi connectivity index (χ3v) is 3.07. The van der Waals surface area contributed by atoms with Crippen LogP contribution in [0.4, 0.5) is 0 Å². The predicted molar refractivity (Wildman–Crippen MR) is 40.2 cm³/mol. The van der Waals surface area contributed by atoms with Crippen LogP contribution in [-0.4, -0.2) is 31.6 Å². The molecule has 0 spiro atoms. The molecule has 0 saturated carbocycles. The monoisotopic (exact) mass is 163 g/mol. The molecule has 0 amide bonds. The average Bonchev–Trinajstić information content (AvgIpc) is 2.35. The van der Waals surface area contributed by atoms with E-state index in [0.29, 0.717) is 5.92 Å². The second kappa shape index (κ2) is 2.20. The molecule has 1 aliphatic heterocycles. The molecule has 0 radical (unpaired) electrons. The van der Waals surface area contributed by atoms with Crippen molar-refractivity contribution in [2.75, 3.05) is 12.8 Å². The second-order valence-corrected chi connectivity index (χ2v) is 5.08. The summed E-state index contributed by atoms with van der Waals surface area (Å²) in [5.41, 5.74) is 0. The minimum atomic E-state index is -2.89. The molecule has 0 aromatic carbocycles. The van der Waals surface area contributed by atoms with Crippen LogP contribution in [0.25, 0.3) is 0 Å². The summed E-state index contributed by atoms with van der Waals surface area (Å²) in [5.74, 6) is 0.453. The second-order valence-electron chi connectivity index (χ2n) is 3.14. The maximum Gasteiger partial charge on any atom is 0.211 e. The lowest BCUT2D eigenvalue weighted by Gasteiger charge is -2.02. The van der Waals surface area contributed by atoms with Gasteiger partial charge in [-0.05, 0) is 5.92 Å². The quantitative estimate of drug-likeness (QED) is 0.548. The van der Waals surface area contributed by atoms with Crippen LogP contribution in [0.15, 0.2) is 0 Å². The van der Waals surface area contributed by atoms with Crippen LogP contribution in [0.3, 0.4) is 0 Å². The Morgan fingerprint density at radius 3 is 2.10 bits per heavy atom. The Labute approximate surface area is 62.1 Å². The fourth-order valence-electron chi connectivity index (χ4n) is 1.06. The van der Waals surface area contributed by atoms with Crippen LogP contribution in [0.2, 0.25) is 0 Å². The lowest BCUT2D eigenvalue weighted by atomic mass is 10.1. The summed E-state index contributed by atoms with van der Waals surface area (Å²) in [5, 5.41) is 0. The molecule has 0 N–H and O–H groups in total. The Morgan fingerprint density at radius 1 is 1.50 bits per heavy atom. The first kappa shape index (κ1) is 8.01. The fourth-order valence-corrected chi connectivity index (χ4v) is 2.22. The molecule has 0 aromatic heterocycles. The van der Waals surface area contributed by atoms with Crippen molar-refractivity contribution in [2.45, 2.75) is 19.9 Å². The molecule has 1 aliphatic rings. The number of nitrogens with zero attached hydrogens (tertiary/aromatic N) is 1. The van der Waals surface area contributed by atoms with Gasteiger partial charge in [0.15, 0.2) is 0 Å². The first-order valence-electron chi connectivity index (χ1n) is 3.39. The van der Waals surface area contributed by atoms with Gasteiger partial charge in [0, 0.05) is 12.6 Å². The molecule has 10 heavy (non-hydrogen) atoms. The van der Waals surface area contributed by atoms with Crippen molar-refractivity contribution in [3.8, 4) is 0 Å². The van der Waals surface area contributed by atoms with Crippen LogP contribution in [0.1, 0.15) is 13.8 Å². The largest absolute Gasteiger partial charge is 0.212 e. The molecule has 0 aliphatic carbocycles. The minimum Gasteiger partial charge on any atom is -0.212 e. The van der Waals surface area contributed by atoms with E-state index in [1.54, 1.807) is 0 Å². The molecule has 1 saturated heterocycles. The highest BCUT2D eigenvalue weighted by atomic mass is 32.2. The van der Waals surface area contributed by atoms with E-state index in [9.17, 15) is 8.42 Å². The fraction of sp³-hybridized carbons (Fsp3) is 1.00. The molecule has 1 heterocycles. The Kier molecular flexibility index (Phi) is 1.76. The van der Waals surface area contributed by atoms with Crippen LogP contribution in [0.5, 0.6) is 0 Å². The minimum absolute atomic E-state index is 0.273. The normalized spacial score (nSPS) is 32.8. The molecule has 1 fully saturated rings. The Hall–Kier alpha value is -0.0900. The van der Waals surface area contributed by atoms with E-state index in [1.165, 1.54) is 10.6 Å². The summed E-state index contributed by atoms with van der Waals surface area (Å²) in [6, 6.07) is 0.273. The summed E-state index contributed by atoms with van der Waals surface area (Å²) >= 11 is 0. The van der Waals surface area contributed by atoms with Crippen molar-refractivity contribution in [1.82, 2.24) is 4.31 Å². The van der Waals surface area contributed by atoms with Crippen molar-refractivity contribution >= 4 is 10.0 Å². The van der Waals surface area contributed by atoms with Crippen molar-refractivity contribution in [1.29, 1.82) is 0 Å². The summed E-state index contributed by atoms with van der Waals surface area (Å²) in [7, 11) is -2.89. The van der Waals surface area contributed by atoms with Gasteiger partial charge in [0.25, 0.3) is 0 Å². The maximum absolute atomic E-state index is 10.8. The van der Waals surface area contributed by atoms with E-state index in [4.69, 9.17) is 0 Å². The Bertz CT molecular complexity index is 220. The molecule has 4 heteroatoms. The smallest absolute Gasteiger partial charge is 0.211 e. The zero-order valence-electron chi connectivity index (χ0n) is 6.53. The van der Waals surface area contributed by atoms with Gasteiger partial charge in [0.2, 0.25) is 10.0 Å². The van der Waals surface area contributed by atoms with Crippen LogP contribution < -0.4 is 0 Å². The topological polar surface area (TPSA) is 37.1 Å². The predicted octanol–water partition coefficient (Wildman–Crippen LogP) is 0.286. The van der Waals surface area contributed by atoms with Crippen LogP contribution in [0, 0.1) is 5.92 Å². The van der Waals surface area contributed by atoms with E-state index < -0.39 is 10.0 Å². The molecule has 60 valence electrons. The third-order valence-electron chi connectivity index (χ3n) is 1.80. The van der Waals surface area contributed by atoms with Gasteiger partial charge in [0.05, 0.1) is 6.26 Å². The van der Waals surface area contributed by atoms with E-state index >= 15 is 0 Å². The van der Waals surface area contributed by atoms with E-state index in [2.05, 4.69) is 0 Å². The number of rotatable bonds is 2. The standard InChI is InChI=1S/C6H13NO2S/c1-5(2)6-4-7(6)10(3,8)9/h5-6H,4H2,1-3H3/t6-,7?/m0/s1. The van der Waals surface area contributed by atoms with Gasteiger partial charge in [-0.3, -0.25) is 0 Å². The van der Waals surface area contributed by atoms with Gasteiger partial charge in [-0.25, -0.2) is 8.42 Å². The van der Waals surface area contributed by atoms with Gasteiger partial charge in [-0.2, -0.15) is 4.31 Å². The molecule has 1 unspecified atom stereocenters. The van der Waals surface area contributed by atoms with E-state index in [1.807, 2.05) is 13.8 Å². The van der Waals surface area contributed by atoms with Crippen LogP contribution >= 0.6 is 0 Å².